The van der Waals surface area contributed by atoms with Crippen LogP contribution in [0.15, 0.2) is 29.8 Å². The number of esters is 1. The number of hydrogen-bond acceptors (Lipinski definition) is 3. The van der Waals surface area contributed by atoms with Crippen LogP contribution in [-0.4, -0.2) is 18.9 Å². The predicted octanol–water partition coefficient (Wildman–Crippen LogP) is 4.87. The molecule has 0 N–H and O–H groups in total. The summed E-state index contributed by atoms with van der Waals surface area (Å²) in [6.07, 6.45) is 5.60. The van der Waals surface area contributed by atoms with Gasteiger partial charge in [-0.3, -0.25) is 9.59 Å². The van der Waals surface area contributed by atoms with E-state index < -0.39 is 0 Å². The molecule has 0 atom stereocenters. The Kier molecular flexibility index (Phi) is 8.96. The summed E-state index contributed by atoms with van der Waals surface area (Å²) in [5.41, 5.74) is 4.13. The number of carbonyl (C=O) groups excluding carboxylic acids is 2. The molecular formula is C20H28O3. The maximum atomic E-state index is 11.6. The maximum Gasteiger partial charge on any atom is 0.305 e. The fraction of sp³-hybridized carbons (Fsp3) is 0.500. The molecule has 0 unspecified atom stereocenters. The second-order valence-electron chi connectivity index (χ2n) is 5.76. The van der Waals surface area contributed by atoms with Gasteiger partial charge in [0.15, 0.2) is 0 Å². The lowest BCUT2D eigenvalue weighted by molar-refractivity contribution is -0.143. The van der Waals surface area contributed by atoms with Crippen molar-refractivity contribution in [3.8, 4) is 0 Å². The van der Waals surface area contributed by atoms with Gasteiger partial charge in [-0.15, -0.1) is 0 Å². The number of hydrogen-bond donors (Lipinski definition) is 0. The molecule has 126 valence electrons. The molecule has 0 aliphatic heterocycles. The van der Waals surface area contributed by atoms with Crippen LogP contribution in [0.5, 0.6) is 0 Å². The first kappa shape index (κ1) is 19.1. The Morgan fingerprint density at radius 1 is 1.09 bits per heavy atom. The van der Waals surface area contributed by atoms with Gasteiger partial charge in [-0.1, -0.05) is 44.5 Å². The molecule has 1 aromatic rings. The summed E-state index contributed by atoms with van der Waals surface area (Å²) in [7, 11) is 0. The van der Waals surface area contributed by atoms with Crippen LogP contribution in [0, 0.1) is 6.92 Å². The number of benzene rings is 1. The first-order chi connectivity index (χ1) is 11.1. The minimum Gasteiger partial charge on any atom is -0.465 e. The van der Waals surface area contributed by atoms with Crippen LogP contribution in [0.2, 0.25) is 0 Å². The molecule has 1 aromatic carbocycles. The van der Waals surface area contributed by atoms with Crippen molar-refractivity contribution in [3.05, 3.63) is 41.0 Å². The molecule has 0 aromatic heterocycles. The third kappa shape index (κ3) is 6.39. The SMILES string of the molecule is CCCC/C(=C(/C=O)CCOC(=O)CCC)c1ccccc1C. The molecule has 0 heterocycles. The van der Waals surface area contributed by atoms with Crippen molar-refractivity contribution in [1.29, 1.82) is 0 Å². The number of aryl methyl sites for hydroxylation is 1. The van der Waals surface area contributed by atoms with Crippen molar-refractivity contribution in [2.24, 2.45) is 0 Å². The summed E-state index contributed by atoms with van der Waals surface area (Å²) < 4.78 is 5.20. The monoisotopic (exact) mass is 316 g/mol. The fourth-order valence-corrected chi connectivity index (χ4v) is 2.57. The van der Waals surface area contributed by atoms with Crippen molar-refractivity contribution in [2.45, 2.75) is 59.3 Å². The highest BCUT2D eigenvalue weighted by molar-refractivity contribution is 5.89. The average Bonchev–Trinajstić information content (AvgIpc) is 2.55. The third-order valence-corrected chi connectivity index (χ3v) is 3.87. The van der Waals surface area contributed by atoms with Crippen LogP contribution in [0.25, 0.3) is 5.57 Å². The van der Waals surface area contributed by atoms with E-state index in [1.807, 2.05) is 19.1 Å². The molecule has 1 rings (SSSR count). The normalized spacial score (nSPS) is 11.8. The van der Waals surface area contributed by atoms with Crippen LogP contribution in [0.3, 0.4) is 0 Å². The van der Waals surface area contributed by atoms with E-state index in [-0.39, 0.29) is 12.6 Å². The number of aldehydes is 1. The summed E-state index contributed by atoms with van der Waals surface area (Å²) in [4.78, 5) is 23.0. The molecule has 0 radical (unpaired) electrons. The minimum atomic E-state index is -0.191. The molecule has 0 spiro atoms. The van der Waals surface area contributed by atoms with Gasteiger partial charge < -0.3 is 4.74 Å². The lowest BCUT2D eigenvalue weighted by atomic mass is 9.91. The number of allylic oxidation sites excluding steroid dienone is 1. The lowest BCUT2D eigenvalue weighted by Gasteiger charge is -2.14. The van der Waals surface area contributed by atoms with Crippen molar-refractivity contribution in [2.75, 3.05) is 6.61 Å². The van der Waals surface area contributed by atoms with E-state index in [1.54, 1.807) is 0 Å². The maximum absolute atomic E-state index is 11.6. The Morgan fingerprint density at radius 2 is 1.83 bits per heavy atom. The van der Waals surface area contributed by atoms with E-state index in [9.17, 15) is 9.59 Å². The fourth-order valence-electron chi connectivity index (χ4n) is 2.57. The van der Waals surface area contributed by atoms with E-state index in [2.05, 4.69) is 26.0 Å². The largest absolute Gasteiger partial charge is 0.465 e. The Morgan fingerprint density at radius 3 is 2.43 bits per heavy atom. The Labute approximate surface area is 139 Å². The third-order valence-electron chi connectivity index (χ3n) is 3.87. The zero-order valence-electron chi connectivity index (χ0n) is 14.6. The number of ether oxygens (including phenoxy) is 1. The van der Waals surface area contributed by atoms with Crippen LogP contribution < -0.4 is 0 Å². The molecule has 0 fully saturated rings. The Bertz CT molecular complexity index is 544. The van der Waals surface area contributed by atoms with Crippen LogP contribution in [-0.2, 0) is 14.3 Å². The molecule has 0 aliphatic carbocycles. The summed E-state index contributed by atoms with van der Waals surface area (Å²) in [5.74, 6) is -0.191. The molecular weight excluding hydrogens is 288 g/mol. The minimum absolute atomic E-state index is 0.191. The van der Waals surface area contributed by atoms with Gasteiger partial charge in [0.2, 0.25) is 0 Å². The molecule has 0 saturated carbocycles. The lowest BCUT2D eigenvalue weighted by Crippen LogP contribution is -2.07. The zero-order valence-corrected chi connectivity index (χ0v) is 14.6. The molecule has 0 aliphatic rings. The van der Waals surface area contributed by atoms with Crippen molar-refractivity contribution in [3.63, 3.8) is 0 Å². The summed E-state index contributed by atoms with van der Waals surface area (Å²) in [6, 6.07) is 8.12. The van der Waals surface area contributed by atoms with Gasteiger partial charge in [-0.2, -0.15) is 0 Å². The van der Waals surface area contributed by atoms with E-state index in [4.69, 9.17) is 4.74 Å². The van der Waals surface area contributed by atoms with Gasteiger partial charge in [0.25, 0.3) is 0 Å². The number of unbranched alkanes of at least 4 members (excludes halogenated alkanes) is 1. The van der Waals surface area contributed by atoms with Crippen molar-refractivity contribution in [1.82, 2.24) is 0 Å². The second-order valence-corrected chi connectivity index (χ2v) is 5.76. The van der Waals surface area contributed by atoms with Crippen LogP contribution >= 0.6 is 0 Å². The second kappa shape index (κ2) is 10.8. The van der Waals surface area contributed by atoms with Crippen molar-refractivity contribution < 1.29 is 14.3 Å². The molecule has 23 heavy (non-hydrogen) atoms. The van der Waals surface area contributed by atoms with Gasteiger partial charge in [-0.25, -0.2) is 0 Å². The van der Waals surface area contributed by atoms with E-state index in [1.165, 1.54) is 5.56 Å². The summed E-state index contributed by atoms with van der Waals surface area (Å²) in [6.45, 7) is 6.42. The summed E-state index contributed by atoms with van der Waals surface area (Å²) >= 11 is 0. The first-order valence-electron chi connectivity index (χ1n) is 8.52. The van der Waals surface area contributed by atoms with Gasteiger partial charge in [0, 0.05) is 12.8 Å². The highest BCUT2D eigenvalue weighted by Crippen LogP contribution is 2.28. The first-order valence-corrected chi connectivity index (χ1v) is 8.52. The van der Waals surface area contributed by atoms with Crippen molar-refractivity contribution >= 4 is 17.8 Å². The van der Waals surface area contributed by atoms with Gasteiger partial charge in [0.1, 0.15) is 6.29 Å². The Balaban J connectivity index is 2.94. The molecule has 3 heteroatoms. The smallest absolute Gasteiger partial charge is 0.305 e. The summed E-state index contributed by atoms with van der Waals surface area (Å²) in [5, 5.41) is 0. The zero-order chi connectivity index (χ0) is 17.1. The number of carbonyl (C=O) groups is 2. The highest BCUT2D eigenvalue weighted by atomic mass is 16.5. The van der Waals surface area contributed by atoms with E-state index in [0.717, 1.165) is 48.7 Å². The molecule has 0 amide bonds. The standard InChI is InChI=1S/C20H28O3/c1-4-6-11-19(18-12-8-7-10-16(18)3)17(15-21)13-14-23-20(22)9-5-2/h7-8,10,12,15H,4-6,9,11,13-14H2,1-3H3/b19-17-. The number of rotatable bonds is 10. The van der Waals surface area contributed by atoms with Crippen LogP contribution in [0.1, 0.15) is 63.5 Å². The van der Waals surface area contributed by atoms with Gasteiger partial charge in [-0.05, 0) is 48.5 Å². The topological polar surface area (TPSA) is 43.4 Å². The molecule has 0 bridgehead atoms. The van der Waals surface area contributed by atoms with Gasteiger partial charge in [0.05, 0.1) is 6.61 Å². The molecule has 3 nitrogen and oxygen atoms in total. The Hall–Kier alpha value is -1.90. The molecule has 0 saturated heterocycles. The van der Waals surface area contributed by atoms with E-state index in [0.29, 0.717) is 12.8 Å². The van der Waals surface area contributed by atoms with E-state index >= 15 is 0 Å². The highest BCUT2D eigenvalue weighted by Gasteiger charge is 2.12. The predicted molar refractivity (Wildman–Crippen MR) is 94.2 cm³/mol. The average molecular weight is 316 g/mol. The van der Waals surface area contributed by atoms with Crippen LogP contribution in [0.4, 0.5) is 0 Å². The van der Waals surface area contributed by atoms with Gasteiger partial charge >= 0.3 is 5.97 Å². The quantitative estimate of drug-likeness (QED) is 0.351.